The summed E-state index contributed by atoms with van der Waals surface area (Å²) in [6.07, 6.45) is 0. The van der Waals surface area contributed by atoms with Crippen LogP contribution in [0.15, 0.2) is 18.2 Å². The zero-order valence-electron chi connectivity index (χ0n) is 10.7. The molecule has 3 nitrogen and oxygen atoms in total. The number of hydrogen-bond donors (Lipinski definition) is 2. The van der Waals surface area contributed by atoms with Crippen LogP contribution in [0.1, 0.15) is 18.5 Å². The molecule has 0 bridgehead atoms. The van der Waals surface area contributed by atoms with Gasteiger partial charge in [-0.3, -0.25) is 0 Å². The summed E-state index contributed by atoms with van der Waals surface area (Å²) in [6, 6.07) is 5.24. The molecule has 0 saturated heterocycles. The molecule has 0 aliphatic rings. The topological polar surface area (TPSA) is 49.3 Å². The van der Waals surface area contributed by atoms with Gasteiger partial charge in [0.2, 0.25) is 0 Å². The number of aliphatic hydroxyl groups is 1. The summed E-state index contributed by atoms with van der Waals surface area (Å²) >= 11 is 11.9. The standard InChI is InChI=1S/C12H18Cl2NO2P/c1-8(15-7-12(16)18(2,3)17)10-5-4-9(13)6-11(10)14/h4-6,8,12,15-16H,7H2,1-3H3. The highest BCUT2D eigenvalue weighted by molar-refractivity contribution is 7.62. The van der Waals surface area contributed by atoms with E-state index in [1.807, 2.05) is 13.0 Å². The minimum atomic E-state index is -2.49. The molecule has 0 radical (unpaired) electrons. The zero-order valence-corrected chi connectivity index (χ0v) is 13.1. The monoisotopic (exact) mass is 309 g/mol. The zero-order chi connectivity index (χ0) is 13.9. The third kappa shape index (κ3) is 4.56. The molecule has 1 aromatic rings. The second kappa shape index (κ2) is 6.40. The molecule has 102 valence electrons. The quantitative estimate of drug-likeness (QED) is 0.817. The summed E-state index contributed by atoms with van der Waals surface area (Å²) in [4.78, 5) is 0. The molecular formula is C12H18Cl2NO2P. The number of halogens is 2. The van der Waals surface area contributed by atoms with Gasteiger partial charge < -0.3 is 15.0 Å². The third-order valence-corrected chi connectivity index (χ3v) is 4.93. The summed E-state index contributed by atoms with van der Waals surface area (Å²) in [5.74, 6) is -0.842. The smallest absolute Gasteiger partial charge is 0.119 e. The van der Waals surface area contributed by atoms with Crippen molar-refractivity contribution in [2.45, 2.75) is 18.8 Å². The van der Waals surface area contributed by atoms with E-state index in [9.17, 15) is 9.67 Å². The molecule has 0 fully saturated rings. The van der Waals surface area contributed by atoms with Crippen molar-refractivity contribution in [2.75, 3.05) is 19.9 Å². The normalized spacial score (nSPS) is 15.4. The summed E-state index contributed by atoms with van der Waals surface area (Å²) in [6.45, 7) is 5.33. The highest BCUT2D eigenvalue weighted by Gasteiger charge is 2.21. The van der Waals surface area contributed by atoms with E-state index in [2.05, 4.69) is 5.32 Å². The van der Waals surface area contributed by atoms with E-state index in [1.54, 1.807) is 25.5 Å². The van der Waals surface area contributed by atoms with E-state index >= 15 is 0 Å². The Morgan fingerprint density at radius 1 is 1.39 bits per heavy atom. The Bertz CT molecular complexity index is 461. The van der Waals surface area contributed by atoms with Gasteiger partial charge in [-0.2, -0.15) is 0 Å². The summed E-state index contributed by atoms with van der Waals surface area (Å²) in [5.41, 5.74) is 0.898. The Kier molecular flexibility index (Phi) is 5.69. The molecule has 0 aliphatic carbocycles. The van der Waals surface area contributed by atoms with Crippen LogP contribution in [0.5, 0.6) is 0 Å². The summed E-state index contributed by atoms with van der Waals surface area (Å²) in [7, 11) is -2.49. The van der Waals surface area contributed by atoms with Gasteiger partial charge in [0.05, 0.1) is 0 Å². The van der Waals surface area contributed by atoms with Crippen molar-refractivity contribution in [3.8, 4) is 0 Å². The first-order valence-electron chi connectivity index (χ1n) is 5.63. The Morgan fingerprint density at radius 3 is 2.50 bits per heavy atom. The number of nitrogens with one attached hydrogen (secondary N) is 1. The third-order valence-electron chi connectivity index (χ3n) is 2.75. The highest BCUT2D eigenvalue weighted by atomic mass is 35.5. The van der Waals surface area contributed by atoms with Gasteiger partial charge in [-0.05, 0) is 37.9 Å². The number of aliphatic hydroxyl groups excluding tert-OH is 1. The van der Waals surface area contributed by atoms with Gasteiger partial charge in [-0.25, -0.2) is 0 Å². The molecule has 0 heterocycles. The maximum atomic E-state index is 11.6. The van der Waals surface area contributed by atoms with Crippen molar-refractivity contribution in [1.29, 1.82) is 0 Å². The van der Waals surface area contributed by atoms with Gasteiger partial charge in [0.15, 0.2) is 0 Å². The summed E-state index contributed by atoms with van der Waals surface area (Å²) < 4.78 is 11.6. The van der Waals surface area contributed by atoms with E-state index in [1.165, 1.54) is 0 Å². The lowest BCUT2D eigenvalue weighted by Crippen LogP contribution is -2.28. The first-order valence-corrected chi connectivity index (χ1v) is 9.05. The SMILES string of the molecule is CC(NCC(O)P(C)(C)=O)c1ccc(Cl)cc1Cl. The molecule has 0 spiro atoms. The van der Waals surface area contributed by atoms with Crippen molar-refractivity contribution < 1.29 is 9.67 Å². The maximum absolute atomic E-state index is 11.6. The van der Waals surface area contributed by atoms with Gasteiger partial charge in [0.25, 0.3) is 0 Å². The average molecular weight is 310 g/mol. The first-order chi connectivity index (χ1) is 8.21. The predicted molar refractivity (Wildman–Crippen MR) is 78.3 cm³/mol. The molecule has 0 aromatic heterocycles. The Labute approximate surface area is 118 Å². The van der Waals surface area contributed by atoms with Crippen LogP contribution >= 0.6 is 30.3 Å². The molecule has 0 saturated carbocycles. The van der Waals surface area contributed by atoms with Crippen molar-refractivity contribution in [3.63, 3.8) is 0 Å². The lowest BCUT2D eigenvalue weighted by molar-refractivity contribution is 0.239. The molecule has 0 aliphatic heterocycles. The van der Waals surface area contributed by atoms with Crippen molar-refractivity contribution in [3.05, 3.63) is 33.8 Å². The molecule has 2 unspecified atom stereocenters. The molecule has 1 aromatic carbocycles. The number of rotatable bonds is 5. The van der Waals surface area contributed by atoms with E-state index in [0.717, 1.165) is 5.56 Å². The van der Waals surface area contributed by atoms with Crippen molar-refractivity contribution >= 4 is 30.3 Å². The first kappa shape index (κ1) is 16.0. The minimum Gasteiger partial charge on any atom is -0.384 e. The molecule has 6 heteroatoms. The van der Waals surface area contributed by atoms with E-state index < -0.39 is 13.0 Å². The average Bonchev–Trinajstić information content (AvgIpc) is 2.24. The van der Waals surface area contributed by atoms with E-state index in [-0.39, 0.29) is 12.6 Å². The van der Waals surface area contributed by atoms with Gasteiger partial charge in [0.1, 0.15) is 13.0 Å². The van der Waals surface area contributed by atoms with Crippen molar-refractivity contribution in [1.82, 2.24) is 5.32 Å². The Morgan fingerprint density at radius 2 is 2.00 bits per heavy atom. The van der Waals surface area contributed by atoms with Gasteiger partial charge in [-0.15, -0.1) is 0 Å². The molecule has 2 atom stereocenters. The molecular weight excluding hydrogens is 292 g/mol. The van der Waals surface area contributed by atoms with Crippen LogP contribution < -0.4 is 5.32 Å². The lowest BCUT2D eigenvalue weighted by Gasteiger charge is -2.20. The predicted octanol–water partition coefficient (Wildman–Crippen LogP) is 3.59. The molecule has 18 heavy (non-hydrogen) atoms. The lowest BCUT2D eigenvalue weighted by atomic mass is 10.1. The van der Waals surface area contributed by atoms with E-state index in [0.29, 0.717) is 10.0 Å². The van der Waals surface area contributed by atoms with Crippen LogP contribution in [-0.2, 0) is 4.57 Å². The fourth-order valence-corrected chi connectivity index (χ4v) is 2.58. The number of benzene rings is 1. The van der Waals surface area contributed by atoms with E-state index in [4.69, 9.17) is 23.2 Å². The largest absolute Gasteiger partial charge is 0.384 e. The van der Waals surface area contributed by atoms with Crippen LogP contribution in [0.2, 0.25) is 10.0 Å². The van der Waals surface area contributed by atoms with Crippen LogP contribution in [0.3, 0.4) is 0 Å². The Balaban J connectivity index is 2.66. The second-order valence-corrected chi connectivity index (χ2v) is 9.02. The van der Waals surface area contributed by atoms with Gasteiger partial charge >= 0.3 is 0 Å². The van der Waals surface area contributed by atoms with Crippen LogP contribution in [-0.4, -0.2) is 30.8 Å². The summed E-state index contributed by atoms with van der Waals surface area (Å²) in [5, 5.41) is 14.0. The highest BCUT2D eigenvalue weighted by Crippen LogP contribution is 2.40. The van der Waals surface area contributed by atoms with Gasteiger partial charge in [-0.1, -0.05) is 29.3 Å². The molecule has 0 amide bonds. The second-order valence-electron chi connectivity index (χ2n) is 4.71. The van der Waals surface area contributed by atoms with Crippen LogP contribution in [0.4, 0.5) is 0 Å². The maximum Gasteiger partial charge on any atom is 0.119 e. The number of hydrogen-bond acceptors (Lipinski definition) is 3. The fraction of sp³-hybridized carbons (Fsp3) is 0.500. The molecule has 1 rings (SSSR count). The van der Waals surface area contributed by atoms with Crippen molar-refractivity contribution in [2.24, 2.45) is 0 Å². The Hall–Kier alpha value is -0.0500. The fourth-order valence-electron chi connectivity index (χ4n) is 1.46. The van der Waals surface area contributed by atoms with Crippen LogP contribution in [0, 0.1) is 0 Å². The van der Waals surface area contributed by atoms with Gasteiger partial charge in [0, 0.05) is 22.6 Å². The molecule has 2 N–H and O–H groups in total. The van der Waals surface area contributed by atoms with Crippen LogP contribution in [0.25, 0.3) is 0 Å². The minimum absolute atomic E-state index is 0.0454.